The Morgan fingerprint density at radius 1 is 1.25 bits per heavy atom. The monoisotopic (exact) mass is 386 g/mol. The molecular formula is C21H26N2O5. The number of carboxylic acid groups (broad SMARTS) is 1. The van der Waals surface area contributed by atoms with Gasteiger partial charge >= 0.3 is 5.97 Å². The zero-order valence-corrected chi connectivity index (χ0v) is 16.5. The fourth-order valence-corrected chi connectivity index (χ4v) is 3.59. The van der Waals surface area contributed by atoms with Crippen LogP contribution in [0.15, 0.2) is 28.8 Å². The molecule has 1 aliphatic rings. The SMILES string of the molecule is Cc1noc(C)c1COc1ccc(CC(=O)N2CC(C)CC(C(=O)O)C2)cc1. The number of carboxylic acids is 1. The smallest absolute Gasteiger partial charge is 0.308 e. The fraction of sp³-hybridized carbons (Fsp3) is 0.476. The summed E-state index contributed by atoms with van der Waals surface area (Å²) < 4.78 is 10.9. The van der Waals surface area contributed by atoms with Crippen molar-refractivity contribution >= 4 is 11.9 Å². The second-order valence-corrected chi connectivity index (χ2v) is 7.59. The number of aromatic nitrogens is 1. The third kappa shape index (κ3) is 4.71. The molecular weight excluding hydrogens is 360 g/mol. The zero-order chi connectivity index (χ0) is 20.3. The molecule has 0 saturated carbocycles. The molecule has 0 radical (unpaired) electrons. The van der Waals surface area contributed by atoms with Gasteiger partial charge in [-0.05, 0) is 43.9 Å². The van der Waals surface area contributed by atoms with Crippen molar-refractivity contribution in [2.75, 3.05) is 13.1 Å². The molecule has 150 valence electrons. The Hall–Kier alpha value is -2.83. The summed E-state index contributed by atoms with van der Waals surface area (Å²) in [6.45, 7) is 6.99. The Balaban J connectivity index is 1.56. The molecule has 1 fully saturated rings. The van der Waals surface area contributed by atoms with Crippen LogP contribution in [-0.4, -0.2) is 40.1 Å². The molecule has 1 aromatic carbocycles. The Morgan fingerprint density at radius 2 is 1.96 bits per heavy atom. The molecule has 7 nitrogen and oxygen atoms in total. The van der Waals surface area contributed by atoms with Gasteiger partial charge in [-0.1, -0.05) is 24.2 Å². The number of rotatable bonds is 6. The minimum absolute atomic E-state index is 0.0396. The number of amides is 1. The van der Waals surface area contributed by atoms with Gasteiger partial charge in [0.1, 0.15) is 18.1 Å². The van der Waals surface area contributed by atoms with Gasteiger partial charge in [0.05, 0.1) is 23.6 Å². The molecule has 3 rings (SSSR count). The molecule has 0 aliphatic carbocycles. The minimum Gasteiger partial charge on any atom is -0.489 e. The molecule has 28 heavy (non-hydrogen) atoms. The van der Waals surface area contributed by atoms with Gasteiger partial charge in [0.25, 0.3) is 0 Å². The number of aryl methyl sites for hydroxylation is 2. The highest BCUT2D eigenvalue weighted by atomic mass is 16.5. The minimum atomic E-state index is -0.829. The first-order valence-corrected chi connectivity index (χ1v) is 9.47. The normalized spacial score (nSPS) is 19.5. The molecule has 1 aromatic heterocycles. The molecule has 1 saturated heterocycles. The highest BCUT2D eigenvalue weighted by Gasteiger charge is 2.31. The largest absolute Gasteiger partial charge is 0.489 e. The highest BCUT2D eigenvalue weighted by molar-refractivity contribution is 5.80. The number of ether oxygens (including phenoxy) is 1. The van der Waals surface area contributed by atoms with E-state index in [1.807, 2.05) is 45.0 Å². The van der Waals surface area contributed by atoms with E-state index in [2.05, 4.69) is 5.16 Å². The molecule has 2 atom stereocenters. The first-order valence-electron chi connectivity index (χ1n) is 9.47. The zero-order valence-electron chi connectivity index (χ0n) is 16.5. The summed E-state index contributed by atoms with van der Waals surface area (Å²) in [7, 11) is 0. The average molecular weight is 386 g/mol. The summed E-state index contributed by atoms with van der Waals surface area (Å²) in [4.78, 5) is 25.6. The number of carbonyl (C=O) groups excluding carboxylic acids is 1. The second kappa shape index (κ2) is 8.46. The van der Waals surface area contributed by atoms with Gasteiger partial charge in [0.15, 0.2) is 0 Å². The lowest BCUT2D eigenvalue weighted by molar-refractivity contribution is -0.146. The topological polar surface area (TPSA) is 92.9 Å². The Kier molecular flexibility index (Phi) is 6.02. The van der Waals surface area contributed by atoms with Crippen molar-refractivity contribution < 1.29 is 24.0 Å². The first-order chi connectivity index (χ1) is 13.3. The molecule has 1 aliphatic heterocycles. The van der Waals surface area contributed by atoms with E-state index < -0.39 is 11.9 Å². The van der Waals surface area contributed by atoms with Crippen molar-refractivity contribution in [2.24, 2.45) is 11.8 Å². The summed E-state index contributed by atoms with van der Waals surface area (Å²) in [5.74, 6) is 0.293. The summed E-state index contributed by atoms with van der Waals surface area (Å²) in [6, 6.07) is 7.39. The summed E-state index contributed by atoms with van der Waals surface area (Å²) in [5, 5.41) is 13.2. The lowest BCUT2D eigenvalue weighted by Gasteiger charge is -2.34. The van der Waals surface area contributed by atoms with Gasteiger partial charge in [-0.2, -0.15) is 0 Å². The van der Waals surface area contributed by atoms with Crippen LogP contribution in [0.2, 0.25) is 0 Å². The molecule has 0 bridgehead atoms. The average Bonchev–Trinajstić information content (AvgIpc) is 2.98. The van der Waals surface area contributed by atoms with Gasteiger partial charge in [-0.3, -0.25) is 9.59 Å². The summed E-state index contributed by atoms with van der Waals surface area (Å²) in [5.41, 5.74) is 2.63. The van der Waals surface area contributed by atoms with Crippen LogP contribution in [-0.2, 0) is 22.6 Å². The predicted octanol–water partition coefficient (Wildman–Crippen LogP) is 2.98. The van der Waals surface area contributed by atoms with E-state index in [9.17, 15) is 14.7 Å². The maximum Gasteiger partial charge on any atom is 0.308 e. The van der Waals surface area contributed by atoms with E-state index in [1.54, 1.807) is 4.90 Å². The second-order valence-electron chi connectivity index (χ2n) is 7.59. The van der Waals surface area contributed by atoms with Crippen LogP contribution in [0.1, 0.15) is 35.9 Å². The molecule has 2 heterocycles. The molecule has 2 aromatic rings. The predicted molar refractivity (Wildman–Crippen MR) is 102 cm³/mol. The summed E-state index contributed by atoms with van der Waals surface area (Å²) >= 11 is 0. The standard InChI is InChI=1S/C21H26N2O5/c1-13-8-17(21(25)26)11-23(10-13)20(24)9-16-4-6-18(7-5-16)27-12-19-14(2)22-28-15(19)3/h4-7,13,17H,8-12H2,1-3H3,(H,25,26). The van der Waals surface area contributed by atoms with Gasteiger partial charge in [0.2, 0.25) is 5.91 Å². The van der Waals surface area contributed by atoms with E-state index >= 15 is 0 Å². The highest BCUT2D eigenvalue weighted by Crippen LogP contribution is 2.23. The van der Waals surface area contributed by atoms with Crippen molar-refractivity contribution in [3.63, 3.8) is 0 Å². The molecule has 0 spiro atoms. The lowest BCUT2D eigenvalue weighted by Crippen LogP contribution is -2.46. The van der Waals surface area contributed by atoms with Gasteiger partial charge in [0, 0.05) is 13.1 Å². The van der Waals surface area contributed by atoms with Gasteiger partial charge in [-0.15, -0.1) is 0 Å². The van der Waals surface area contributed by atoms with Crippen LogP contribution in [0.4, 0.5) is 0 Å². The van der Waals surface area contributed by atoms with Crippen LogP contribution in [0, 0.1) is 25.7 Å². The van der Waals surface area contributed by atoms with Gasteiger partial charge < -0.3 is 19.3 Å². The van der Waals surface area contributed by atoms with Crippen LogP contribution >= 0.6 is 0 Å². The van der Waals surface area contributed by atoms with E-state index in [4.69, 9.17) is 9.26 Å². The van der Waals surface area contributed by atoms with Gasteiger partial charge in [-0.25, -0.2) is 0 Å². The van der Waals surface area contributed by atoms with Crippen molar-refractivity contribution in [3.05, 3.63) is 46.8 Å². The number of carbonyl (C=O) groups is 2. The van der Waals surface area contributed by atoms with Crippen LogP contribution in [0.3, 0.4) is 0 Å². The van der Waals surface area contributed by atoms with E-state index in [0.29, 0.717) is 25.3 Å². The third-order valence-electron chi connectivity index (χ3n) is 5.20. The van der Waals surface area contributed by atoms with Crippen LogP contribution < -0.4 is 4.74 Å². The Morgan fingerprint density at radius 3 is 2.57 bits per heavy atom. The maximum absolute atomic E-state index is 12.6. The van der Waals surface area contributed by atoms with E-state index in [0.717, 1.165) is 22.6 Å². The number of hydrogen-bond donors (Lipinski definition) is 1. The first kappa shape index (κ1) is 19.9. The van der Waals surface area contributed by atoms with Crippen molar-refractivity contribution in [2.45, 2.75) is 40.2 Å². The van der Waals surface area contributed by atoms with Crippen molar-refractivity contribution in [1.29, 1.82) is 0 Å². The number of hydrogen-bond acceptors (Lipinski definition) is 5. The maximum atomic E-state index is 12.6. The lowest BCUT2D eigenvalue weighted by atomic mass is 9.90. The summed E-state index contributed by atoms with van der Waals surface area (Å²) in [6.07, 6.45) is 0.874. The van der Waals surface area contributed by atoms with Crippen molar-refractivity contribution in [1.82, 2.24) is 10.1 Å². The van der Waals surface area contributed by atoms with Crippen molar-refractivity contribution in [3.8, 4) is 5.75 Å². The number of benzene rings is 1. The van der Waals surface area contributed by atoms with Crippen LogP contribution in [0.5, 0.6) is 5.75 Å². The number of aliphatic carboxylic acids is 1. The Labute approximate surface area is 164 Å². The van der Waals surface area contributed by atoms with E-state index in [1.165, 1.54) is 0 Å². The molecule has 1 N–H and O–H groups in total. The van der Waals surface area contributed by atoms with Crippen LogP contribution in [0.25, 0.3) is 0 Å². The molecule has 1 amide bonds. The number of likely N-dealkylation sites (tertiary alicyclic amines) is 1. The fourth-order valence-electron chi connectivity index (χ4n) is 3.59. The molecule has 2 unspecified atom stereocenters. The number of piperidine rings is 1. The Bertz CT molecular complexity index is 823. The molecule has 7 heteroatoms. The number of nitrogens with zero attached hydrogens (tertiary/aromatic N) is 2. The third-order valence-corrected chi connectivity index (χ3v) is 5.20. The van der Waals surface area contributed by atoms with E-state index in [-0.39, 0.29) is 24.8 Å². The quantitative estimate of drug-likeness (QED) is 0.820.